The van der Waals surface area contributed by atoms with Crippen molar-refractivity contribution in [1.82, 2.24) is 9.36 Å². The topological polar surface area (TPSA) is 63.1 Å². The Balaban J connectivity index is 1.92. The van der Waals surface area contributed by atoms with Crippen LogP contribution in [0.4, 0.5) is 0 Å². The standard InChI is InChI=1S/C9H10N2O2S/c12-8(13)9(3-4-9)7-10-6(11-14-7)5-1-2-5/h5H,1-4H2,(H,12,13). The molecule has 1 N–H and O–H groups in total. The third-order valence-corrected chi connectivity index (χ3v) is 3.89. The second-order valence-corrected chi connectivity index (χ2v) is 4.87. The number of aromatic nitrogens is 2. The van der Waals surface area contributed by atoms with Crippen LogP contribution >= 0.6 is 11.5 Å². The van der Waals surface area contributed by atoms with E-state index < -0.39 is 11.4 Å². The summed E-state index contributed by atoms with van der Waals surface area (Å²) >= 11 is 1.27. The van der Waals surface area contributed by atoms with Crippen molar-refractivity contribution in [3.63, 3.8) is 0 Å². The summed E-state index contributed by atoms with van der Waals surface area (Å²) in [6.07, 6.45) is 3.77. The van der Waals surface area contributed by atoms with E-state index in [1.54, 1.807) is 0 Å². The number of aliphatic carboxylic acids is 1. The molecule has 2 saturated carbocycles. The average molecular weight is 210 g/mol. The molecule has 0 unspecified atom stereocenters. The highest BCUT2D eigenvalue weighted by atomic mass is 32.1. The van der Waals surface area contributed by atoms with Gasteiger partial charge in [-0.15, -0.1) is 0 Å². The number of rotatable bonds is 3. The molecular formula is C9H10N2O2S. The van der Waals surface area contributed by atoms with Crippen LogP contribution in [0.3, 0.4) is 0 Å². The molecule has 5 heteroatoms. The first-order valence-electron chi connectivity index (χ1n) is 4.80. The minimum absolute atomic E-state index is 0.518. The summed E-state index contributed by atoms with van der Waals surface area (Å²) in [6.45, 7) is 0. The van der Waals surface area contributed by atoms with E-state index in [0.29, 0.717) is 10.9 Å². The molecular weight excluding hydrogens is 200 g/mol. The zero-order valence-electron chi connectivity index (χ0n) is 7.56. The van der Waals surface area contributed by atoms with E-state index in [1.165, 1.54) is 11.5 Å². The van der Waals surface area contributed by atoms with Crippen LogP contribution in [-0.4, -0.2) is 20.4 Å². The van der Waals surface area contributed by atoms with Crippen LogP contribution in [-0.2, 0) is 10.2 Å². The highest BCUT2D eigenvalue weighted by molar-refractivity contribution is 7.05. The number of carbonyl (C=O) groups is 1. The second kappa shape index (κ2) is 2.53. The van der Waals surface area contributed by atoms with Gasteiger partial charge >= 0.3 is 5.97 Å². The zero-order chi connectivity index (χ0) is 9.76. The Morgan fingerprint density at radius 1 is 1.50 bits per heavy atom. The fraction of sp³-hybridized carbons (Fsp3) is 0.667. The summed E-state index contributed by atoms with van der Waals surface area (Å²) < 4.78 is 4.23. The van der Waals surface area contributed by atoms with E-state index in [9.17, 15) is 4.79 Å². The highest BCUT2D eigenvalue weighted by Gasteiger charge is 2.55. The number of nitrogens with zero attached hydrogens (tertiary/aromatic N) is 2. The van der Waals surface area contributed by atoms with Crippen molar-refractivity contribution in [3.05, 3.63) is 10.8 Å². The molecule has 1 aromatic rings. The fourth-order valence-corrected chi connectivity index (χ4v) is 2.55. The lowest BCUT2D eigenvalue weighted by Gasteiger charge is -2.02. The van der Waals surface area contributed by atoms with E-state index in [2.05, 4.69) is 9.36 Å². The minimum Gasteiger partial charge on any atom is -0.481 e. The molecule has 2 fully saturated rings. The molecule has 2 aliphatic carbocycles. The third-order valence-electron chi connectivity index (χ3n) is 2.95. The van der Waals surface area contributed by atoms with E-state index in [-0.39, 0.29) is 0 Å². The van der Waals surface area contributed by atoms with E-state index in [1.807, 2.05) is 0 Å². The molecule has 0 aromatic carbocycles. The van der Waals surface area contributed by atoms with E-state index in [0.717, 1.165) is 31.5 Å². The average Bonchev–Trinajstić information content (AvgIpc) is 3.06. The van der Waals surface area contributed by atoms with Gasteiger partial charge in [-0.05, 0) is 37.2 Å². The van der Waals surface area contributed by atoms with Crippen molar-refractivity contribution in [1.29, 1.82) is 0 Å². The van der Waals surface area contributed by atoms with Crippen molar-refractivity contribution in [2.45, 2.75) is 37.0 Å². The lowest BCUT2D eigenvalue weighted by atomic mass is 10.1. The minimum atomic E-state index is -0.740. The van der Waals surface area contributed by atoms with Crippen LogP contribution in [0.15, 0.2) is 0 Å². The summed E-state index contributed by atoms with van der Waals surface area (Å²) in [5.41, 5.74) is -0.662. The molecule has 0 aliphatic heterocycles. The monoisotopic (exact) mass is 210 g/mol. The van der Waals surface area contributed by atoms with Crippen LogP contribution in [0.1, 0.15) is 42.4 Å². The van der Waals surface area contributed by atoms with Gasteiger partial charge in [0.15, 0.2) is 0 Å². The van der Waals surface area contributed by atoms with Crippen molar-refractivity contribution in [2.24, 2.45) is 0 Å². The van der Waals surface area contributed by atoms with Crippen molar-refractivity contribution in [2.75, 3.05) is 0 Å². The molecule has 0 atom stereocenters. The fourth-order valence-electron chi connectivity index (χ4n) is 1.58. The van der Waals surface area contributed by atoms with Gasteiger partial charge in [0, 0.05) is 5.92 Å². The Hall–Kier alpha value is -0.970. The van der Waals surface area contributed by atoms with Gasteiger partial charge < -0.3 is 5.11 Å². The van der Waals surface area contributed by atoms with Gasteiger partial charge in [0.1, 0.15) is 16.2 Å². The third kappa shape index (κ3) is 1.08. The molecule has 2 aliphatic rings. The van der Waals surface area contributed by atoms with Gasteiger partial charge in [-0.1, -0.05) is 0 Å². The largest absolute Gasteiger partial charge is 0.481 e. The highest BCUT2D eigenvalue weighted by Crippen LogP contribution is 2.50. The van der Waals surface area contributed by atoms with Crippen LogP contribution < -0.4 is 0 Å². The molecule has 1 aromatic heterocycles. The van der Waals surface area contributed by atoms with Crippen molar-refractivity contribution >= 4 is 17.5 Å². The molecule has 0 spiro atoms. The smallest absolute Gasteiger partial charge is 0.316 e. The van der Waals surface area contributed by atoms with Gasteiger partial charge in [0.2, 0.25) is 0 Å². The zero-order valence-corrected chi connectivity index (χ0v) is 8.38. The lowest BCUT2D eigenvalue weighted by molar-refractivity contribution is -0.140. The molecule has 0 saturated heterocycles. The Kier molecular flexibility index (Phi) is 1.51. The summed E-state index contributed by atoms with van der Waals surface area (Å²) in [5, 5.41) is 9.77. The summed E-state index contributed by atoms with van der Waals surface area (Å²) in [7, 11) is 0. The summed E-state index contributed by atoms with van der Waals surface area (Å²) in [6, 6.07) is 0. The Bertz CT molecular complexity index is 393. The first kappa shape index (κ1) is 8.35. The Morgan fingerprint density at radius 2 is 2.21 bits per heavy atom. The summed E-state index contributed by atoms with van der Waals surface area (Å²) in [5.74, 6) is 0.651. The normalized spacial score (nSPS) is 23.4. The van der Waals surface area contributed by atoms with Crippen LogP contribution in [0.25, 0.3) is 0 Å². The van der Waals surface area contributed by atoms with Crippen LogP contribution in [0, 0.1) is 0 Å². The molecule has 3 rings (SSSR count). The number of carboxylic acids is 1. The van der Waals surface area contributed by atoms with Gasteiger partial charge in [-0.25, -0.2) is 4.98 Å². The molecule has 0 radical (unpaired) electrons. The van der Waals surface area contributed by atoms with Crippen LogP contribution in [0.2, 0.25) is 0 Å². The van der Waals surface area contributed by atoms with E-state index >= 15 is 0 Å². The molecule has 0 bridgehead atoms. The number of carboxylic acid groups (broad SMARTS) is 1. The Labute approximate surface area is 85.2 Å². The second-order valence-electron chi connectivity index (χ2n) is 4.12. The molecule has 74 valence electrons. The van der Waals surface area contributed by atoms with Crippen molar-refractivity contribution in [3.8, 4) is 0 Å². The van der Waals surface area contributed by atoms with Gasteiger partial charge in [0.05, 0.1) is 0 Å². The van der Waals surface area contributed by atoms with Gasteiger partial charge in [0.25, 0.3) is 0 Å². The van der Waals surface area contributed by atoms with Gasteiger partial charge in [-0.2, -0.15) is 4.37 Å². The molecule has 14 heavy (non-hydrogen) atoms. The predicted octanol–water partition coefficient (Wildman–Crippen LogP) is 1.53. The predicted molar refractivity (Wildman–Crippen MR) is 50.4 cm³/mol. The molecule has 1 heterocycles. The maximum absolute atomic E-state index is 11.0. The summed E-state index contributed by atoms with van der Waals surface area (Å²) in [4.78, 5) is 15.4. The quantitative estimate of drug-likeness (QED) is 0.821. The maximum atomic E-state index is 11.0. The lowest BCUT2D eigenvalue weighted by Crippen LogP contribution is -2.19. The van der Waals surface area contributed by atoms with Crippen molar-refractivity contribution < 1.29 is 9.90 Å². The number of hydrogen-bond donors (Lipinski definition) is 1. The Morgan fingerprint density at radius 3 is 2.71 bits per heavy atom. The first-order valence-corrected chi connectivity index (χ1v) is 5.57. The van der Waals surface area contributed by atoms with E-state index in [4.69, 9.17) is 5.11 Å². The SMILES string of the molecule is O=C(O)C1(c2nc(C3CC3)ns2)CC1. The number of hydrogen-bond acceptors (Lipinski definition) is 4. The molecule has 4 nitrogen and oxygen atoms in total. The van der Waals surface area contributed by atoms with Gasteiger partial charge in [-0.3, -0.25) is 4.79 Å². The molecule has 0 amide bonds. The first-order chi connectivity index (χ1) is 6.72. The maximum Gasteiger partial charge on any atom is 0.316 e. The van der Waals surface area contributed by atoms with Crippen LogP contribution in [0.5, 0.6) is 0 Å².